The molecule has 2 N–H and O–H groups in total. The zero-order valence-corrected chi connectivity index (χ0v) is 21.8. The fourth-order valence-corrected chi connectivity index (χ4v) is 9.86. The van der Waals surface area contributed by atoms with Crippen molar-refractivity contribution in [1.82, 2.24) is 9.80 Å². The molecule has 0 spiro atoms. The summed E-state index contributed by atoms with van der Waals surface area (Å²) in [7, 11) is 0. The molecule has 2 amide bonds. The van der Waals surface area contributed by atoms with Gasteiger partial charge in [-0.2, -0.15) is 0 Å². The molecule has 5 aliphatic rings. The van der Waals surface area contributed by atoms with Crippen LogP contribution in [0.5, 0.6) is 0 Å². The van der Waals surface area contributed by atoms with Crippen LogP contribution in [0.4, 0.5) is 4.79 Å². The number of carbonyl (C=O) groups excluding carboxylic acids is 1. The normalized spacial score (nSPS) is 44.3. The fraction of sp³-hybridized carbons (Fsp3) is 0.793. The molecule has 0 unspecified atom stereocenters. The number of amides is 2. The van der Waals surface area contributed by atoms with Crippen molar-refractivity contribution < 1.29 is 19.4 Å². The summed E-state index contributed by atoms with van der Waals surface area (Å²) in [6, 6.07) is 3.82. The first kappa shape index (κ1) is 24.5. The third-order valence-electron chi connectivity index (χ3n) is 11.9. The molecule has 0 aromatic carbocycles. The van der Waals surface area contributed by atoms with Crippen LogP contribution in [0, 0.1) is 28.6 Å². The summed E-state index contributed by atoms with van der Waals surface area (Å²) in [5.74, 6) is 1.63. The second kappa shape index (κ2) is 8.59. The van der Waals surface area contributed by atoms with Crippen LogP contribution in [0.25, 0.3) is 0 Å². The maximum absolute atomic E-state index is 12.9. The molecule has 6 rings (SSSR count). The smallest absolute Gasteiger partial charge is 0.335 e. The van der Waals surface area contributed by atoms with Crippen LogP contribution in [-0.4, -0.2) is 63.9 Å². The quantitative estimate of drug-likeness (QED) is 0.655. The monoisotopic (exact) mass is 498 g/mol. The molecule has 8 atom stereocenters. The van der Waals surface area contributed by atoms with Crippen molar-refractivity contribution in [2.45, 2.75) is 89.2 Å². The fourth-order valence-electron chi connectivity index (χ4n) is 9.86. The van der Waals surface area contributed by atoms with Crippen LogP contribution in [0.1, 0.15) is 83.1 Å². The highest BCUT2D eigenvalue weighted by Crippen LogP contribution is 2.70. The molecular formula is C29H42N2O5. The van der Waals surface area contributed by atoms with Gasteiger partial charge in [0.05, 0.1) is 18.5 Å². The second-order valence-corrected chi connectivity index (χ2v) is 13.0. The lowest BCUT2D eigenvalue weighted by Gasteiger charge is -2.64. The molecule has 1 aromatic rings. The lowest BCUT2D eigenvalue weighted by Crippen LogP contribution is -2.62. The van der Waals surface area contributed by atoms with Gasteiger partial charge in [0.25, 0.3) is 0 Å². The number of urea groups is 1. The molecule has 4 aliphatic carbocycles. The molecule has 1 saturated heterocycles. The molecule has 4 saturated carbocycles. The molecule has 5 fully saturated rings. The zero-order valence-electron chi connectivity index (χ0n) is 21.8. The van der Waals surface area contributed by atoms with E-state index in [-0.39, 0.29) is 35.0 Å². The van der Waals surface area contributed by atoms with Crippen molar-refractivity contribution in [2.24, 2.45) is 28.6 Å². The Labute approximate surface area is 213 Å². The third-order valence-corrected chi connectivity index (χ3v) is 11.9. The first-order valence-electron chi connectivity index (χ1n) is 14.2. The summed E-state index contributed by atoms with van der Waals surface area (Å²) in [5.41, 5.74) is 0.0581. The summed E-state index contributed by atoms with van der Waals surface area (Å²) in [4.78, 5) is 28.3. The van der Waals surface area contributed by atoms with Crippen LogP contribution in [-0.2, 0) is 0 Å². The molecule has 7 nitrogen and oxygen atoms in total. The van der Waals surface area contributed by atoms with Crippen LogP contribution in [0.3, 0.4) is 0 Å². The minimum atomic E-state index is -0.683. The molecule has 1 aliphatic heterocycles. The minimum absolute atomic E-state index is 0.0232. The van der Waals surface area contributed by atoms with Crippen molar-refractivity contribution in [2.75, 3.05) is 26.2 Å². The number of rotatable bonds is 4. The molecule has 198 valence electrons. The highest BCUT2D eigenvalue weighted by atomic mass is 16.4. The number of aliphatic hydroxyl groups excluding tert-OH is 1. The van der Waals surface area contributed by atoms with E-state index in [9.17, 15) is 19.8 Å². The Morgan fingerprint density at radius 1 is 1.00 bits per heavy atom. The van der Waals surface area contributed by atoms with Gasteiger partial charge in [0.1, 0.15) is 0 Å². The number of hydrogen-bond acceptors (Lipinski definition) is 5. The Morgan fingerprint density at radius 3 is 2.58 bits per heavy atom. The highest BCUT2D eigenvalue weighted by molar-refractivity contribution is 5.76. The Kier molecular flexibility index (Phi) is 5.84. The number of nitrogens with zero attached hydrogens (tertiary/aromatic N) is 2. The second-order valence-electron chi connectivity index (χ2n) is 13.0. The predicted octanol–water partition coefficient (Wildman–Crippen LogP) is 3.98. The van der Waals surface area contributed by atoms with E-state index in [1.807, 2.05) is 6.07 Å². The van der Waals surface area contributed by atoms with E-state index in [0.717, 1.165) is 76.4 Å². The van der Waals surface area contributed by atoms with E-state index in [2.05, 4.69) is 18.7 Å². The van der Waals surface area contributed by atoms with Crippen LogP contribution in [0.15, 0.2) is 27.6 Å². The molecule has 0 bridgehead atoms. The summed E-state index contributed by atoms with van der Waals surface area (Å²) >= 11 is 0. The number of aliphatic hydroxyl groups is 2. The van der Waals surface area contributed by atoms with Crippen molar-refractivity contribution in [3.05, 3.63) is 34.4 Å². The van der Waals surface area contributed by atoms with E-state index in [1.165, 1.54) is 6.07 Å². The average molecular weight is 499 g/mol. The van der Waals surface area contributed by atoms with Gasteiger partial charge in [-0.05, 0) is 98.5 Å². The van der Waals surface area contributed by atoms with Gasteiger partial charge in [-0.15, -0.1) is 0 Å². The van der Waals surface area contributed by atoms with Gasteiger partial charge >= 0.3 is 11.7 Å². The van der Waals surface area contributed by atoms with Crippen molar-refractivity contribution in [1.29, 1.82) is 0 Å². The number of β-amino-alcohol motifs (C(OH)–C–C–N with tert-alkyl or cyclic N) is 1. The molecule has 0 radical (unpaired) electrons. The van der Waals surface area contributed by atoms with Gasteiger partial charge in [-0.25, -0.2) is 9.59 Å². The Bertz CT molecular complexity index is 1050. The van der Waals surface area contributed by atoms with E-state index < -0.39 is 5.60 Å². The summed E-state index contributed by atoms with van der Waals surface area (Å²) in [6.45, 7) is 6.72. The summed E-state index contributed by atoms with van der Waals surface area (Å²) in [5, 5.41) is 21.7. The Hall–Kier alpha value is -1.86. The minimum Gasteiger partial charge on any atom is -0.431 e. The predicted molar refractivity (Wildman–Crippen MR) is 135 cm³/mol. The average Bonchev–Trinajstić information content (AvgIpc) is 3.36. The Morgan fingerprint density at radius 2 is 1.83 bits per heavy atom. The van der Waals surface area contributed by atoms with Crippen molar-refractivity contribution >= 4 is 6.03 Å². The zero-order chi connectivity index (χ0) is 25.3. The molecule has 1 aromatic heterocycles. The molecular weight excluding hydrogens is 456 g/mol. The van der Waals surface area contributed by atoms with Crippen LogP contribution < -0.4 is 5.63 Å². The molecule has 36 heavy (non-hydrogen) atoms. The lowest BCUT2D eigenvalue weighted by molar-refractivity contribution is -0.203. The highest BCUT2D eigenvalue weighted by Gasteiger charge is 2.67. The van der Waals surface area contributed by atoms with E-state index in [0.29, 0.717) is 30.3 Å². The van der Waals surface area contributed by atoms with Crippen LogP contribution >= 0.6 is 0 Å². The van der Waals surface area contributed by atoms with E-state index >= 15 is 0 Å². The van der Waals surface area contributed by atoms with E-state index in [1.54, 1.807) is 11.2 Å². The van der Waals surface area contributed by atoms with Crippen molar-refractivity contribution in [3.63, 3.8) is 0 Å². The maximum Gasteiger partial charge on any atom is 0.335 e. The van der Waals surface area contributed by atoms with Gasteiger partial charge < -0.3 is 24.4 Å². The van der Waals surface area contributed by atoms with Crippen molar-refractivity contribution in [3.8, 4) is 0 Å². The van der Waals surface area contributed by atoms with Gasteiger partial charge in [0.2, 0.25) is 0 Å². The maximum atomic E-state index is 12.9. The van der Waals surface area contributed by atoms with E-state index in [4.69, 9.17) is 4.42 Å². The summed E-state index contributed by atoms with van der Waals surface area (Å²) in [6.07, 6.45) is 10.9. The standard InChI is InChI=1S/C29H42N2O5/c1-27-10-7-21(31-14-13-30(15-16-32)26(31)34)17-20(27)4-5-24-23(27)8-11-28(2)22(9-12-29(24,28)35)19-3-6-25(33)36-18-19/h3,6,18,20-24,32,35H,4-5,7-17H2,1-2H3/t20-,21+,22-,23+,24-,27+,28-,29+/m1/s1. The Balaban J connectivity index is 1.21. The SMILES string of the molecule is C[C@]12CC[C@H](N3CCN(CCO)C3=O)C[C@H]1CC[C@@H]1[C@@H]2CC[C@]2(C)[C@@H](c3ccc(=O)oc3)CC[C@]12O. The number of carbonyl (C=O) groups is 1. The molecule has 7 heteroatoms. The number of hydrogen-bond donors (Lipinski definition) is 2. The lowest BCUT2D eigenvalue weighted by atomic mass is 9.43. The largest absolute Gasteiger partial charge is 0.431 e. The van der Waals surface area contributed by atoms with Gasteiger partial charge in [0.15, 0.2) is 0 Å². The molecule has 2 heterocycles. The number of fused-ring (bicyclic) bond motifs is 5. The van der Waals surface area contributed by atoms with Gasteiger partial charge in [-0.1, -0.05) is 13.8 Å². The van der Waals surface area contributed by atoms with Gasteiger partial charge in [-0.3, -0.25) is 0 Å². The van der Waals surface area contributed by atoms with Crippen LogP contribution in [0.2, 0.25) is 0 Å². The third kappa shape index (κ3) is 3.37. The first-order chi connectivity index (χ1) is 17.2. The first-order valence-corrected chi connectivity index (χ1v) is 14.2. The summed E-state index contributed by atoms with van der Waals surface area (Å²) < 4.78 is 5.22. The topological polar surface area (TPSA) is 94.2 Å². The van der Waals surface area contributed by atoms with Gasteiger partial charge in [0, 0.05) is 37.2 Å².